The minimum atomic E-state index is -0.235. The molecule has 0 N–H and O–H groups in total. The van der Waals surface area contributed by atoms with Gasteiger partial charge in [-0.2, -0.15) is 0 Å². The highest BCUT2D eigenvalue weighted by atomic mass is 16.5. The van der Waals surface area contributed by atoms with Gasteiger partial charge in [0.1, 0.15) is 0 Å². The molecule has 0 rings (SSSR count). The Balaban J connectivity index is 4.11. The van der Waals surface area contributed by atoms with Crippen molar-refractivity contribution in [1.29, 1.82) is 0 Å². The normalized spacial score (nSPS) is 13.9. The molecular formula is C27H52O2. The number of ether oxygens (including phenoxy) is 1. The van der Waals surface area contributed by atoms with Crippen molar-refractivity contribution in [1.82, 2.24) is 0 Å². The number of hydrogen-bond donors (Lipinski definition) is 0. The van der Waals surface area contributed by atoms with E-state index >= 15 is 0 Å². The lowest BCUT2D eigenvalue weighted by Crippen LogP contribution is -2.17. The molecule has 0 aliphatic carbocycles. The second-order valence-corrected chi connectivity index (χ2v) is 10.7. The Morgan fingerprint density at radius 2 is 1.38 bits per heavy atom. The smallest absolute Gasteiger partial charge is 0.333 e. The number of rotatable bonds is 18. The van der Waals surface area contributed by atoms with Gasteiger partial charge in [0, 0.05) is 5.57 Å². The second kappa shape index (κ2) is 16.9. The maximum atomic E-state index is 11.8. The van der Waals surface area contributed by atoms with E-state index in [0.29, 0.717) is 23.5 Å². The molecule has 0 bridgehead atoms. The monoisotopic (exact) mass is 408 g/mol. The van der Waals surface area contributed by atoms with E-state index in [1.54, 1.807) is 6.92 Å². The summed E-state index contributed by atoms with van der Waals surface area (Å²) in [5.41, 5.74) is 0.890. The summed E-state index contributed by atoms with van der Waals surface area (Å²) in [5.74, 6) is 0.984. The fraction of sp³-hybridized carbons (Fsp3) is 0.889. The van der Waals surface area contributed by atoms with Crippen LogP contribution in [0.4, 0.5) is 0 Å². The Morgan fingerprint density at radius 1 is 0.862 bits per heavy atom. The molecule has 2 unspecified atom stereocenters. The zero-order chi connectivity index (χ0) is 22.1. The summed E-state index contributed by atoms with van der Waals surface area (Å²) in [6.07, 6.45) is 18.5. The van der Waals surface area contributed by atoms with E-state index < -0.39 is 0 Å². The number of esters is 1. The van der Waals surface area contributed by atoms with Crippen LogP contribution in [0.1, 0.15) is 131 Å². The quantitative estimate of drug-likeness (QED) is 0.128. The van der Waals surface area contributed by atoms with E-state index in [1.165, 1.54) is 83.5 Å². The number of carbonyl (C=O) groups is 1. The average molecular weight is 409 g/mol. The first-order chi connectivity index (χ1) is 13.7. The lowest BCUT2D eigenvalue weighted by Gasteiger charge is -2.25. The number of unbranched alkanes of at least 4 members (excludes halogenated alkanes) is 9. The molecule has 0 aromatic rings. The van der Waals surface area contributed by atoms with Gasteiger partial charge >= 0.3 is 5.97 Å². The highest BCUT2D eigenvalue weighted by Crippen LogP contribution is 2.29. The summed E-state index contributed by atoms with van der Waals surface area (Å²) >= 11 is 0. The van der Waals surface area contributed by atoms with Crippen LogP contribution in [0.15, 0.2) is 12.2 Å². The van der Waals surface area contributed by atoms with Crippen LogP contribution in [0.5, 0.6) is 0 Å². The van der Waals surface area contributed by atoms with Gasteiger partial charge in [0.25, 0.3) is 0 Å². The molecule has 29 heavy (non-hydrogen) atoms. The first-order valence-electron chi connectivity index (χ1n) is 12.5. The summed E-state index contributed by atoms with van der Waals surface area (Å²) in [4.78, 5) is 11.8. The third-order valence-corrected chi connectivity index (χ3v) is 5.79. The van der Waals surface area contributed by atoms with Crippen molar-refractivity contribution in [2.24, 2.45) is 17.3 Å². The first-order valence-corrected chi connectivity index (χ1v) is 12.5. The van der Waals surface area contributed by atoms with E-state index in [-0.39, 0.29) is 5.97 Å². The van der Waals surface area contributed by atoms with Gasteiger partial charge in [-0.1, -0.05) is 112 Å². The number of hydrogen-bond acceptors (Lipinski definition) is 2. The van der Waals surface area contributed by atoms with Crippen molar-refractivity contribution in [3.05, 3.63) is 12.2 Å². The van der Waals surface area contributed by atoms with Crippen LogP contribution in [-0.2, 0) is 9.53 Å². The van der Waals surface area contributed by atoms with Gasteiger partial charge < -0.3 is 4.74 Å². The molecule has 0 spiro atoms. The van der Waals surface area contributed by atoms with Crippen molar-refractivity contribution >= 4 is 5.97 Å². The lowest BCUT2D eigenvalue weighted by molar-refractivity contribution is -0.140. The van der Waals surface area contributed by atoms with Crippen molar-refractivity contribution in [3.63, 3.8) is 0 Å². The van der Waals surface area contributed by atoms with Crippen LogP contribution < -0.4 is 0 Å². The van der Waals surface area contributed by atoms with Gasteiger partial charge in [0.2, 0.25) is 0 Å². The molecule has 2 atom stereocenters. The predicted octanol–water partition coefficient (Wildman–Crippen LogP) is 8.89. The molecule has 0 aliphatic heterocycles. The summed E-state index contributed by atoms with van der Waals surface area (Å²) < 4.78 is 5.50. The molecule has 2 heteroatoms. The molecule has 0 amide bonds. The van der Waals surface area contributed by atoms with Crippen LogP contribution in [0.3, 0.4) is 0 Å². The third-order valence-electron chi connectivity index (χ3n) is 5.79. The molecule has 0 aliphatic rings. The maximum Gasteiger partial charge on any atom is 0.333 e. The predicted molar refractivity (Wildman–Crippen MR) is 128 cm³/mol. The molecule has 0 aromatic heterocycles. The molecule has 0 saturated heterocycles. The molecule has 0 fully saturated rings. The van der Waals surface area contributed by atoms with Gasteiger partial charge in [0.05, 0.1) is 6.61 Å². The summed E-state index contributed by atoms with van der Waals surface area (Å²) in [5, 5.41) is 0. The number of carbonyl (C=O) groups excluding carboxylic acids is 1. The van der Waals surface area contributed by atoms with Crippen LogP contribution >= 0.6 is 0 Å². The van der Waals surface area contributed by atoms with Crippen molar-refractivity contribution < 1.29 is 9.53 Å². The summed E-state index contributed by atoms with van der Waals surface area (Å²) in [6, 6.07) is 0. The minimum Gasteiger partial charge on any atom is -0.462 e. The van der Waals surface area contributed by atoms with E-state index in [2.05, 4.69) is 41.2 Å². The Hall–Kier alpha value is -0.790. The fourth-order valence-electron chi connectivity index (χ4n) is 4.22. The maximum absolute atomic E-state index is 11.8. The van der Waals surface area contributed by atoms with Crippen LogP contribution in [0, 0.1) is 17.3 Å². The fourth-order valence-corrected chi connectivity index (χ4v) is 4.22. The van der Waals surface area contributed by atoms with Crippen molar-refractivity contribution in [2.45, 2.75) is 131 Å². The first kappa shape index (κ1) is 28.2. The Morgan fingerprint density at radius 3 is 1.86 bits per heavy atom. The largest absolute Gasteiger partial charge is 0.462 e. The molecule has 172 valence electrons. The lowest BCUT2D eigenvalue weighted by atomic mass is 9.82. The summed E-state index contributed by atoms with van der Waals surface area (Å²) in [6.45, 7) is 17.6. The Labute approximate surface area is 183 Å². The Bertz CT molecular complexity index is 419. The SMILES string of the molecule is C=C(C)C(=O)OCC(CCCCCCCCCCCC)CCC(C)CC(C)(C)C. The van der Waals surface area contributed by atoms with E-state index in [1.807, 2.05) is 0 Å². The zero-order valence-corrected chi connectivity index (χ0v) is 20.8. The van der Waals surface area contributed by atoms with Crippen LogP contribution in [0.2, 0.25) is 0 Å². The third kappa shape index (κ3) is 18.9. The van der Waals surface area contributed by atoms with Crippen LogP contribution in [-0.4, -0.2) is 12.6 Å². The van der Waals surface area contributed by atoms with Gasteiger partial charge in [-0.25, -0.2) is 4.79 Å². The van der Waals surface area contributed by atoms with E-state index in [4.69, 9.17) is 4.74 Å². The van der Waals surface area contributed by atoms with Gasteiger partial charge in [-0.15, -0.1) is 0 Å². The minimum absolute atomic E-state index is 0.235. The highest BCUT2D eigenvalue weighted by molar-refractivity contribution is 5.86. The van der Waals surface area contributed by atoms with E-state index in [9.17, 15) is 4.79 Å². The summed E-state index contributed by atoms with van der Waals surface area (Å²) in [7, 11) is 0. The van der Waals surface area contributed by atoms with Crippen molar-refractivity contribution in [2.75, 3.05) is 6.61 Å². The van der Waals surface area contributed by atoms with Gasteiger partial charge in [0.15, 0.2) is 0 Å². The van der Waals surface area contributed by atoms with Crippen LogP contribution in [0.25, 0.3) is 0 Å². The molecule has 0 aromatic carbocycles. The molecule has 0 saturated carbocycles. The topological polar surface area (TPSA) is 26.3 Å². The highest BCUT2D eigenvalue weighted by Gasteiger charge is 2.18. The molecular weight excluding hydrogens is 356 g/mol. The van der Waals surface area contributed by atoms with E-state index in [0.717, 1.165) is 12.3 Å². The van der Waals surface area contributed by atoms with Crippen molar-refractivity contribution in [3.8, 4) is 0 Å². The van der Waals surface area contributed by atoms with Gasteiger partial charge in [-0.05, 0) is 43.4 Å². The standard InChI is InChI=1S/C27H52O2/c1-8-9-10-11-12-13-14-15-16-17-18-25(22-29-26(28)23(2)3)20-19-24(4)21-27(5,6)7/h24-25H,2,8-22H2,1,3-7H3. The molecule has 0 heterocycles. The Kier molecular flexibility index (Phi) is 16.5. The van der Waals surface area contributed by atoms with Gasteiger partial charge in [-0.3, -0.25) is 0 Å². The molecule has 0 radical (unpaired) electrons. The zero-order valence-electron chi connectivity index (χ0n) is 20.8. The average Bonchev–Trinajstić information content (AvgIpc) is 2.62. The second-order valence-electron chi connectivity index (χ2n) is 10.7. The molecule has 2 nitrogen and oxygen atoms in total.